The van der Waals surface area contributed by atoms with Crippen molar-refractivity contribution in [3.8, 4) is 11.1 Å². The van der Waals surface area contributed by atoms with Crippen LogP contribution in [-0.2, 0) is 14.3 Å². The topological polar surface area (TPSA) is 43.4 Å². The van der Waals surface area contributed by atoms with Crippen LogP contribution in [0.25, 0.3) is 16.7 Å². The molecule has 0 aromatic heterocycles. The number of ketones is 1. The normalized spacial score (nSPS) is 18.4. The second-order valence-corrected chi connectivity index (χ2v) is 7.98. The summed E-state index contributed by atoms with van der Waals surface area (Å²) in [6, 6.07) is 25.7. The van der Waals surface area contributed by atoms with E-state index in [9.17, 15) is 9.59 Å². The number of allylic oxidation sites excluding steroid dienone is 2. The van der Waals surface area contributed by atoms with Crippen LogP contribution in [0.4, 0.5) is 0 Å². The van der Waals surface area contributed by atoms with Crippen LogP contribution < -0.4 is 0 Å². The number of hydrogen-bond acceptors (Lipinski definition) is 3. The van der Waals surface area contributed by atoms with Gasteiger partial charge in [0, 0.05) is 10.9 Å². The molecule has 2 unspecified atom stereocenters. The summed E-state index contributed by atoms with van der Waals surface area (Å²) in [6.45, 7) is 1.97. The summed E-state index contributed by atoms with van der Waals surface area (Å²) in [7, 11) is 0. The molecule has 1 aliphatic rings. The minimum atomic E-state index is -0.882. The molecule has 0 amide bonds. The quantitative estimate of drug-likeness (QED) is 0.351. The van der Waals surface area contributed by atoms with Gasteiger partial charge in [-0.25, -0.2) is 0 Å². The van der Waals surface area contributed by atoms with Gasteiger partial charge in [-0.1, -0.05) is 84.4 Å². The van der Waals surface area contributed by atoms with E-state index in [-0.39, 0.29) is 18.3 Å². The van der Waals surface area contributed by atoms with Gasteiger partial charge in [0.15, 0.2) is 5.78 Å². The summed E-state index contributed by atoms with van der Waals surface area (Å²) in [5.41, 5.74) is 4.91. The third-order valence-electron chi connectivity index (χ3n) is 5.67. The molecule has 0 radical (unpaired) electrons. The molecule has 31 heavy (non-hydrogen) atoms. The highest BCUT2D eigenvalue weighted by Crippen LogP contribution is 2.42. The molecule has 0 heterocycles. The molecule has 156 valence electrons. The predicted octanol–water partition coefficient (Wildman–Crippen LogP) is 6.33. The van der Waals surface area contributed by atoms with Crippen molar-refractivity contribution in [2.75, 3.05) is 6.61 Å². The highest BCUT2D eigenvalue weighted by Gasteiger charge is 2.40. The molecule has 0 N–H and O–H groups in total. The van der Waals surface area contributed by atoms with Crippen LogP contribution in [0.3, 0.4) is 0 Å². The monoisotopic (exact) mass is 430 g/mol. The van der Waals surface area contributed by atoms with Crippen LogP contribution in [0.5, 0.6) is 0 Å². The standard InChI is InChI=1S/C27H23ClO3/c1-2-31-27(30)26-23(22-10-6-7-11-24(22)28)16-21(17-25(26)29)20-14-12-19(13-15-20)18-8-4-3-5-9-18/h3-15,17,23,26H,2,16H2,1H3. The van der Waals surface area contributed by atoms with E-state index in [0.29, 0.717) is 11.4 Å². The molecule has 2 atom stereocenters. The summed E-state index contributed by atoms with van der Waals surface area (Å²) >= 11 is 6.45. The summed E-state index contributed by atoms with van der Waals surface area (Å²) in [5, 5.41) is 0.551. The molecule has 3 aromatic carbocycles. The number of hydrogen-bond donors (Lipinski definition) is 0. The molecule has 0 aliphatic heterocycles. The zero-order valence-electron chi connectivity index (χ0n) is 17.3. The summed E-state index contributed by atoms with van der Waals surface area (Å²) in [5.74, 6) is -1.98. The van der Waals surface area contributed by atoms with Crippen molar-refractivity contribution in [1.82, 2.24) is 0 Å². The minimum absolute atomic E-state index is 0.232. The maximum atomic E-state index is 13.1. The SMILES string of the molecule is CCOC(=O)C1C(=O)C=C(c2ccc(-c3ccccc3)cc2)CC1c1ccccc1Cl. The Morgan fingerprint density at radius 1 is 0.903 bits per heavy atom. The second-order valence-electron chi connectivity index (χ2n) is 7.58. The van der Waals surface area contributed by atoms with Gasteiger partial charge in [-0.3, -0.25) is 9.59 Å². The summed E-state index contributed by atoms with van der Waals surface area (Å²) in [4.78, 5) is 25.7. The molecule has 3 nitrogen and oxygen atoms in total. The van der Waals surface area contributed by atoms with Gasteiger partial charge >= 0.3 is 5.97 Å². The Morgan fingerprint density at radius 3 is 2.19 bits per heavy atom. The van der Waals surface area contributed by atoms with Crippen LogP contribution in [0.1, 0.15) is 30.4 Å². The Bertz CT molecular complexity index is 1120. The van der Waals surface area contributed by atoms with Crippen molar-refractivity contribution in [3.63, 3.8) is 0 Å². The third-order valence-corrected chi connectivity index (χ3v) is 6.02. The van der Waals surface area contributed by atoms with Gasteiger partial charge in [-0.05, 0) is 53.3 Å². The van der Waals surface area contributed by atoms with E-state index in [1.54, 1.807) is 19.1 Å². The van der Waals surface area contributed by atoms with Crippen LogP contribution >= 0.6 is 11.6 Å². The van der Waals surface area contributed by atoms with Crippen LogP contribution in [0.15, 0.2) is 84.9 Å². The van der Waals surface area contributed by atoms with E-state index in [1.807, 2.05) is 48.5 Å². The van der Waals surface area contributed by atoms with E-state index >= 15 is 0 Å². The molecule has 0 bridgehead atoms. The van der Waals surface area contributed by atoms with E-state index in [0.717, 1.165) is 27.8 Å². The molecule has 3 aromatic rings. The first-order valence-corrected chi connectivity index (χ1v) is 10.8. The summed E-state index contributed by atoms with van der Waals surface area (Å²) in [6.07, 6.45) is 2.12. The van der Waals surface area contributed by atoms with Gasteiger partial charge in [0.2, 0.25) is 0 Å². The highest BCUT2D eigenvalue weighted by atomic mass is 35.5. The van der Waals surface area contributed by atoms with E-state index in [1.165, 1.54) is 0 Å². The third kappa shape index (κ3) is 4.47. The molecular weight excluding hydrogens is 408 g/mol. The summed E-state index contributed by atoms with van der Waals surface area (Å²) < 4.78 is 5.22. The van der Waals surface area contributed by atoms with Gasteiger partial charge in [-0.15, -0.1) is 0 Å². The largest absolute Gasteiger partial charge is 0.465 e. The first kappa shape index (κ1) is 21.1. The Hall–Kier alpha value is -3.17. The fraction of sp³-hybridized carbons (Fsp3) is 0.185. The molecule has 1 aliphatic carbocycles. The average Bonchev–Trinajstić information content (AvgIpc) is 2.79. The van der Waals surface area contributed by atoms with Crippen LogP contribution in [0.2, 0.25) is 5.02 Å². The number of halogens is 1. The number of carbonyl (C=O) groups is 2. The fourth-order valence-corrected chi connectivity index (χ4v) is 4.44. The molecule has 0 saturated carbocycles. The lowest BCUT2D eigenvalue weighted by molar-refractivity contribution is -0.151. The van der Waals surface area contributed by atoms with Crippen molar-refractivity contribution < 1.29 is 14.3 Å². The van der Waals surface area contributed by atoms with Gasteiger partial charge in [-0.2, -0.15) is 0 Å². The maximum Gasteiger partial charge on any atom is 0.317 e. The Kier molecular flexibility index (Phi) is 6.34. The highest BCUT2D eigenvalue weighted by molar-refractivity contribution is 6.31. The maximum absolute atomic E-state index is 13.1. The Labute approximate surface area is 187 Å². The lowest BCUT2D eigenvalue weighted by Gasteiger charge is -2.30. The lowest BCUT2D eigenvalue weighted by atomic mass is 9.73. The molecular formula is C27H23ClO3. The zero-order valence-corrected chi connectivity index (χ0v) is 18.0. The Balaban J connectivity index is 1.69. The second kappa shape index (κ2) is 9.32. The molecule has 0 fully saturated rings. The Morgan fingerprint density at radius 2 is 1.52 bits per heavy atom. The predicted molar refractivity (Wildman–Crippen MR) is 124 cm³/mol. The number of esters is 1. The van der Waals surface area contributed by atoms with Crippen LogP contribution in [-0.4, -0.2) is 18.4 Å². The molecule has 4 rings (SSSR count). The zero-order chi connectivity index (χ0) is 21.8. The van der Waals surface area contributed by atoms with Gasteiger partial charge < -0.3 is 4.74 Å². The first-order valence-electron chi connectivity index (χ1n) is 10.4. The van der Waals surface area contributed by atoms with Gasteiger partial charge in [0.25, 0.3) is 0 Å². The number of benzene rings is 3. The van der Waals surface area contributed by atoms with E-state index < -0.39 is 11.9 Å². The molecule has 4 heteroatoms. The van der Waals surface area contributed by atoms with Crippen molar-refractivity contribution in [1.29, 1.82) is 0 Å². The van der Waals surface area contributed by atoms with Gasteiger partial charge in [0.05, 0.1) is 6.61 Å². The minimum Gasteiger partial charge on any atom is -0.465 e. The number of ether oxygens (including phenoxy) is 1. The van der Waals surface area contributed by atoms with Crippen molar-refractivity contribution in [2.24, 2.45) is 5.92 Å². The van der Waals surface area contributed by atoms with Crippen molar-refractivity contribution in [3.05, 3.63) is 101 Å². The van der Waals surface area contributed by atoms with Crippen LogP contribution in [0, 0.1) is 5.92 Å². The average molecular weight is 431 g/mol. The van der Waals surface area contributed by atoms with E-state index in [2.05, 4.69) is 24.3 Å². The molecule has 0 spiro atoms. The smallest absolute Gasteiger partial charge is 0.317 e. The van der Waals surface area contributed by atoms with Crippen molar-refractivity contribution in [2.45, 2.75) is 19.3 Å². The molecule has 0 saturated heterocycles. The first-order chi connectivity index (χ1) is 15.1. The number of rotatable bonds is 5. The van der Waals surface area contributed by atoms with Gasteiger partial charge in [0.1, 0.15) is 5.92 Å². The fourth-order valence-electron chi connectivity index (χ4n) is 4.16. The van der Waals surface area contributed by atoms with Crippen molar-refractivity contribution >= 4 is 28.9 Å². The lowest BCUT2D eigenvalue weighted by Crippen LogP contribution is -2.34. The van der Waals surface area contributed by atoms with E-state index in [4.69, 9.17) is 16.3 Å². The number of carbonyl (C=O) groups excluding carboxylic acids is 2.